The molecule has 0 aromatic heterocycles. The number of carbonyl (C=O) groups is 1. The molecule has 0 radical (unpaired) electrons. The third kappa shape index (κ3) is 11.2. The highest BCUT2D eigenvalue weighted by Crippen LogP contribution is 2.42. The van der Waals surface area contributed by atoms with Gasteiger partial charge in [0.15, 0.2) is 0 Å². The van der Waals surface area contributed by atoms with Crippen LogP contribution in [0.4, 0.5) is 4.39 Å². The van der Waals surface area contributed by atoms with Gasteiger partial charge in [0.05, 0.1) is 12.7 Å². The standard InChI is InChI=1S/C34H47ClN2O4S.C6H10FN/c1-6-7-10-32(40-5)30-17-13-27(30)21-37(4)22-34(19-8-9-26-20-28(35)14-18-31(26)34)23-41-29-15-11-25(12-16-29)33(38)36-42(39)24(2)3;1-8-4-2-3-6(7)5-8/h7,10-12,14-16,18,20,24,27,30,32H,6,8-9,13,17,19,21-23H2,1-5H3,(H,36,38);3H,2,4-5H2,1H3/b10-7+;/t27?,30?,32?,34-,42?;/m0./s1. The number of amides is 1. The van der Waals surface area contributed by atoms with Crippen molar-refractivity contribution in [2.45, 2.75) is 82.5 Å². The SMILES string of the molecule is CC/C=C/C(OC)C1CCC1CN(C)C[C@]1(COc2ccc(C(=O)NS(=O)C(C)C)cc2)CCCc2cc(Cl)ccc21.CN1CCC=C(F)C1. The van der Waals surface area contributed by atoms with E-state index in [0.29, 0.717) is 36.3 Å². The molecular weight excluding hydrogens is 673 g/mol. The second kappa shape index (κ2) is 19.3. The van der Waals surface area contributed by atoms with Gasteiger partial charge >= 0.3 is 0 Å². The van der Waals surface area contributed by atoms with Crippen molar-refractivity contribution in [3.05, 3.63) is 88.2 Å². The number of nitrogens with zero attached hydrogens (tertiary/aromatic N) is 2. The number of ether oxygens (including phenoxy) is 2. The quantitative estimate of drug-likeness (QED) is 0.200. The summed E-state index contributed by atoms with van der Waals surface area (Å²) in [5.41, 5.74) is 2.91. The summed E-state index contributed by atoms with van der Waals surface area (Å²) in [6, 6.07) is 13.4. The van der Waals surface area contributed by atoms with Crippen LogP contribution in [0.5, 0.6) is 5.75 Å². The van der Waals surface area contributed by atoms with Gasteiger partial charge in [-0.2, -0.15) is 0 Å². The van der Waals surface area contributed by atoms with Gasteiger partial charge in [-0.1, -0.05) is 42.8 Å². The topological polar surface area (TPSA) is 71.1 Å². The highest BCUT2D eigenvalue weighted by atomic mass is 35.5. The first-order chi connectivity index (χ1) is 23.9. The number of rotatable bonds is 14. The first-order valence-corrected chi connectivity index (χ1v) is 19.7. The van der Waals surface area contributed by atoms with E-state index in [1.54, 1.807) is 18.2 Å². The monoisotopic (exact) mass is 729 g/mol. The molecule has 1 heterocycles. The van der Waals surface area contributed by atoms with Crippen molar-refractivity contribution in [3.63, 3.8) is 0 Å². The highest BCUT2D eigenvalue weighted by molar-refractivity contribution is 7.84. The molecule has 276 valence electrons. The van der Waals surface area contributed by atoms with Gasteiger partial charge in [-0.3, -0.25) is 14.4 Å². The van der Waals surface area contributed by atoms with Crippen molar-refractivity contribution in [3.8, 4) is 5.75 Å². The van der Waals surface area contributed by atoms with Crippen molar-refractivity contribution in [2.75, 3.05) is 54.0 Å². The molecule has 0 spiro atoms. The third-order valence-corrected chi connectivity index (χ3v) is 11.6. The Morgan fingerprint density at radius 2 is 1.98 bits per heavy atom. The van der Waals surface area contributed by atoms with Crippen molar-refractivity contribution in [1.29, 1.82) is 0 Å². The van der Waals surface area contributed by atoms with Gasteiger partial charge in [-0.05, 0) is 132 Å². The lowest BCUT2D eigenvalue weighted by molar-refractivity contribution is -0.00439. The minimum absolute atomic E-state index is 0.0127. The molecule has 0 bridgehead atoms. The van der Waals surface area contributed by atoms with Gasteiger partial charge < -0.3 is 14.4 Å². The molecule has 1 amide bonds. The second-order valence-electron chi connectivity index (χ2n) is 14.4. The minimum atomic E-state index is -1.41. The first-order valence-electron chi connectivity index (χ1n) is 18.1. The number of hydrogen-bond acceptors (Lipinski definition) is 6. The van der Waals surface area contributed by atoms with Crippen molar-refractivity contribution < 1.29 is 22.9 Å². The predicted molar refractivity (Wildman–Crippen MR) is 204 cm³/mol. The fourth-order valence-corrected chi connectivity index (χ4v) is 8.07. The molecule has 3 aliphatic rings. The number of benzene rings is 2. The lowest BCUT2D eigenvalue weighted by Crippen LogP contribution is -2.49. The van der Waals surface area contributed by atoms with Gasteiger partial charge in [0.2, 0.25) is 0 Å². The Morgan fingerprint density at radius 1 is 1.22 bits per heavy atom. The number of likely N-dealkylation sites (N-methyl/N-ethyl adjacent to an activating group) is 2. The van der Waals surface area contributed by atoms with Gasteiger partial charge in [-0.15, -0.1) is 0 Å². The summed E-state index contributed by atoms with van der Waals surface area (Å²) < 4.78 is 39.2. The molecule has 2 aliphatic carbocycles. The normalized spacial score (nSPS) is 23.4. The molecule has 1 aliphatic heterocycles. The van der Waals surface area contributed by atoms with E-state index in [2.05, 4.69) is 47.9 Å². The maximum Gasteiger partial charge on any atom is 0.262 e. The Bertz CT molecular complexity index is 1490. The van der Waals surface area contributed by atoms with Crippen LogP contribution in [0.2, 0.25) is 5.02 Å². The molecule has 5 atom stereocenters. The molecular formula is C40H57ClFN3O4S. The van der Waals surface area contributed by atoms with Crippen molar-refractivity contribution in [1.82, 2.24) is 14.5 Å². The van der Waals surface area contributed by atoms with Crippen molar-refractivity contribution >= 4 is 28.5 Å². The van der Waals surface area contributed by atoms with E-state index in [1.807, 2.05) is 51.1 Å². The molecule has 0 saturated heterocycles. The van der Waals surface area contributed by atoms with Gasteiger partial charge in [0.25, 0.3) is 5.91 Å². The second-order valence-corrected chi connectivity index (χ2v) is 16.6. The molecule has 2 aromatic carbocycles. The molecule has 50 heavy (non-hydrogen) atoms. The van der Waals surface area contributed by atoms with Gasteiger partial charge in [0.1, 0.15) is 22.6 Å². The van der Waals surface area contributed by atoms with Crippen LogP contribution in [0.25, 0.3) is 0 Å². The lowest BCUT2D eigenvalue weighted by Gasteiger charge is -2.45. The van der Waals surface area contributed by atoms with Gasteiger partial charge in [-0.25, -0.2) is 8.60 Å². The summed E-state index contributed by atoms with van der Waals surface area (Å²) in [4.78, 5) is 17.0. The summed E-state index contributed by atoms with van der Waals surface area (Å²) in [5, 5.41) is 0.628. The number of fused-ring (bicyclic) bond motifs is 1. The van der Waals surface area contributed by atoms with E-state index in [-0.39, 0.29) is 28.5 Å². The summed E-state index contributed by atoms with van der Waals surface area (Å²) >= 11 is 6.42. The molecule has 7 nitrogen and oxygen atoms in total. The number of hydrogen-bond donors (Lipinski definition) is 1. The molecule has 1 fully saturated rings. The largest absolute Gasteiger partial charge is 0.493 e. The highest BCUT2D eigenvalue weighted by Gasteiger charge is 2.41. The van der Waals surface area contributed by atoms with Crippen LogP contribution in [0, 0.1) is 11.8 Å². The Kier molecular flexibility index (Phi) is 15.5. The molecule has 5 rings (SSSR count). The zero-order chi connectivity index (χ0) is 36.3. The Morgan fingerprint density at radius 3 is 2.58 bits per heavy atom. The Labute approximate surface area is 307 Å². The van der Waals surface area contributed by atoms with Gasteiger partial charge in [0, 0.05) is 54.5 Å². The van der Waals surface area contributed by atoms with Crippen LogP contribution in [0.1, 0.15) is 80.8 Å². The van der Waals surface area contributed by atoms with E-state index in [4.69, 9.17) is 21.1 Å². The Hall–Kier alpha value is -2.56. The van der Waals surface area contributed by atoms with Crippen molar-refractivity contribution in [2.24, 2.45) is 11.8 Å². The molecule has 10 heteroatoms. The van der Waals surface area contributed by atoms with Crippen LogP contribution in [0.3, 0.4) is 0 Å². The third-order valence-electron chi connectivity index (χ3n) is 10.1. The number of halogens is 2. The van der Waals surface area contributed by atoms with E-state index < -0.39 is 11.0 Å². The first kappa shape index (κ1) is 40.2. The summed E-state index contributed by atoms with van der Waals surface area (Å²) in [5.74, 6) is 1.54. The van der Waals surface area contributed by atoms with E-state index in [9.17, 15) is 13.4 Å². The number of aryl methyl sites for hydroxylation is 1. The Balaban J connectivity index is 0.000000616. The smallest absolute Gasteiger partial charge is 0.262 e. The van der Waals surface area contributed by atoms with E-state index >= 15 is 0 Å². The summed E-state index contributed by atoms with van der Waals surface area (Å²) in [6.45, 7) is 9.71. The average molecular weight is 730 g/mol. The fraction of sp³-hybridized carbons (Fsp3) is 0.575. The van der Waals surface area contributed by atoms with E-state index in [1.165, 1.54) is 24.0 Å². The van der Waals surface area contributed by atoms with Crippen LogP contribution < -0.4 is 9.46 Å². The van der Waals surface area contributed by atoms with Crippen LogP contribution in [-0.4, -0.2) is 85.3 Å². The lowest BCUT2D eigenvalue weighted by atomic mass is 9.68. The maximum absolute atomic E-state index is 12.5. The predicted octanol–water partition coefficient (Wildman–Crippen LogP) is 7.91. The number of carbonyl (C=O) groups excluding carboxylic acids is 1. The molecule has 2 aromatic rings. The van der Waals surface area contributed by atoms with Crippen LogP contribution in [0.15, 0.2) is 66.5 Å². The zero-order valence-electron chi connectivity index (χ0n) is 30.8. The fourth-order valence-electron chi connectivity index (χ4n) is 7.34. The molecule has 1 N–H and O–H groups in total. The number of nitrogens with one attached hydrogen (secondary N) is 1. The molecule has 1 saturated carbocycles. The maximum atomic E-state index is 12.5. The average Bonchev–Trinajstić information content (AvgIpc) is 3.07. The zero-order valence-corrected chi connectivity index (χ0v) is 32.3. The van der Waals surface area contributed by atoms with Crippen LogP contribution >= 0.6 is 11.6 Å². The number of allylic oxidation sites excluding steroid dienone is 1. The van der Waals surface area contributed by atoms with E-state index in [0.717, 1.165) is 56.8 Å². The molecule has 4 unspecified atom stereocenters. The van der Waals surface area contributed by atoms with Crippen LogP contribution in [-0.2, 0) is 27.6 Å². The summed E-state index contributed by atoms with van der Waals surface area (Å²) in [7, 11) is 4.57. The minimum Gasteiger partial charge on any atom is -0.493 e. The summed E-state index contributed by atoms with van der Waals surface area (Å²) in [6.07, 6.45) is 13.8. The number of methoxy groups -OCH3 is 1.